The molecule has 0 saturated heterocycles. The molecule has 3 rings (SSSR count). The minimum absolute atomic E-state index is 0.0774. The first-order valence-corrected chi connectivity index (χ1v) is 12.1. The number of hydrogen-bond donors (Lipinski definition) is 1. The summed E-state index contributed by atoms with van der Waals surface area (Å²) in [5, 5.41) is 3.39. The van der Waals surface area contributed by atoms with Crippen LogP contribution in [0.4, 0.5) is 11.4 Å². The quantitative estimate of drug-likeness (QED) is 0.505. The maximum Gasteiger partial charge on any atom is 0.265 e. The molecule has 0 aliphatic carbocycles. The SMILES string of the molecule is CCN(c1ccccc1)S(=O)(=O)c1cc(NC(=O)c2cccnc2SC)ccc1Cl. The van der Waals surface area contributed by atoms with E-state index in [2.05, 4.69) is 10.3 Å². The Labute approximate surface area is 185 Å². The topological polar surface area (TPSA) is 79.4 Å². The Morgan fingerprint density at radius 2 is 1.87 bits per heavy atom. The van der Waals surface area contributed by atoms with Crippen LogP contribution in [0, 0.1) is 0 Å². The number of rotatable bonds is 7. The smallest absolute Gasteiger partial charge is 0.265 e. The van der Waals surface area contributed by atoms with Crippen LogP contribution in [-0.2, 0) is 10.0 Å². The van der Waals surface area contributed by atoms with E-state index in [0.29, 0.717) is 22.0 Å². The van der Waals surface area contributed by atoms with Gasteiger partial charge >= 0.3 is 0 Å². The lowest BCUT2D eigenvalue weighted by Crippen LogP contribution is -2.31. The Morgan fingerprint density at radius 3 is 2.53 bits per heavy atom. The number of carbonyl (C=O) groups is 1. The normalized spacial score (nSPS) is 11.2. The van der Waals surface area contributed by atoms with Crippen molar-refractivity contribution in [3.05, 3.63) is 77.4 Å². The molecular weight excluding hydrogens is 442 g/mol. The zero-order valence-corrected chi connectivity index (χ0v) is 18.8. The Kier molecular flexibility index (Phi) is 7.02. The molecule has 1 aromatic heterocycles. The standard InChI is InChI=1S/C21H20ClN3O3S2/c1-3-25(16-8-5-4-6-9-16)30(27,28)19-14-15(11-12-18(19)22)24-20(26)17-10-7-13-23-21(17)29-2/h4-14H,3H2,1-2H3,(H,24,26). The van der Waals surface area contributed by atoms with E-state index in [9.17, 15) is 13.2 Å². The van der Waals surface area contributed by atoms with Gasteiger partial charge in [-0.1, -0.05) is 29.8 Å². The average Bonchev–Trinajstić information content (AvgIpc) is 2.76. The third-order valence-corrected chi connectivity index (χ3v) is 7.39. The maximum absolute atomic E-state index is 13.3. The van der Waals surface area contributed by atoms with Crippen LogP contribution in [0.3, 0.4) is 0 Å². The van der Waals surface area contributed by atoms with Gasteiger partial charge in [-0.05, 0) is 55.6 Å². The number of hydrogen-bond acceptors (Lipinski definition) is 5. The van der Waals surface area contributed by atoms with E-state index < -0.39 is 10.0 Å². The van der Waals surface area contributed by atoms with Crippen LogP contribution in [0.1, 0.15) is 17.3 Å². The van der Waals surface area contributed by atoms with E-state index in [4.69, 9.17) is 11.6 Å². The van der Waals surface area contributed by atoms with Gasteiger partial charge in [0, 0.05) is 18.4 Å². The number of nitrogens with one attached hydrogen (secondary N) is 1. The van der Waals surface area contributed by atoms with Crippen LogP contribution in [0.15, 0.2) is 76.8 Å². The molecule has 0 spiro atoms. The number of halogens is 1. The van der Waals surface area contributed by atoms with Crippen molar-refractivity contribution in [1.29, 1.82) is 0 Å². The molecule has 0 fully saturated rings. The molecule has 1 heterocycles. The lowest BCUT2D eigenvalue weighted by molar-refractivity contribution is 0.102. The van der Waals surface area contributed by atoms with Crippen molar-refractivity contribution in [2.45, 2.75) is 16.8 Å². The highest BCUT2D eigenvalue weighted by molar-refractivity contribution is 7.98. The summed E-state index contributed by atoms with van der Waals surface area (Å²) < 4.78 is 27.9. The van der Waals surface area contributed by atoms with Gasteiger partial charge in [0.1, 0.15) is 9.92 Å². The van der Waals surface area contributed by atoms with Crippen LogP contribution >= 0.6 is 23.4 Å². The number of pyridine rings is 1. The summed E-state index contributed by atoms with van der Waals surface area (Å²) in [4.78, 5) is 16.8. The zero-order chi connectivity index (χ0) is 21.7. The van der Waals surface area contributed by atoms with Crippen LogP contribution in [0.2, 0.25) is 5.02 Å². The molecule has 0 unspecified atom stereocenters. The first kappa shape index (κ1) is 22.1. The zero-order valence-electron chi connectivity index (χ0n) is 16.4. The number of aromatic nitrogens is 1. The summed E-state index contributed by atoms with van der Waals surface area (Å²) in [5.41, 5.74) is 1.26. The Balaban J connectivity index is 1.96. The predicted octanol–water partition coefficient (Wildman–Crippen LogP) is 4.92. The number of nitrogens with zero attached hydrogens (tertiary/aromatic N) is 2. The summed E-state index contributed by atoms with van der Waals surface area (Å²) in [5.74, 6) is -0.381. The molecule has 0 bridgehead atoms. The molecular formula is C21H20ClN3O3S2. The second-order valence-corrected chi connectivity index (χ2v) is 9.20. The van der Waals surface area contributed by atoms with Gasteiger partial charge < -0.3 is 5.32 Å². The van der Waals surface area contributed by atoms with Gasteiger partial charge in [0.15, 0.2) is 0 Å². The fraction of sp³-hybridized carbons (Fsp3) is 0.143. The van der Waals surface area contributed by atoms with E-state index in [1.165, 1.54) is 28.2 Å². The predicted molar refractivity (Wildman–Crippen MR) is 122 cm³/mol. The van der Waals surface area contributed by atoms with Crippen molar-refractivity contribution in [3.63, 3.8) is 0 Å². The number of sulfonamides is 1. The second-order valence-electron chi connectivity index (χ2n) is 6.16. The lowest BCUT2D eigenvalue weighted by atomic mass is 10.2. The van der Waals surface area contributed by atoms with Crippen LogP contribution in [-0.4, -0.2) is 32.1 Å². The highest BCUT2D eigenvalue weighted by Gasteiger charge is 2.26. The molecule has 0 aliphatic heterocycles. The van der Waals surface area contributed by atoms with Gasteiger partial charge in [0.2, 0.25) is 0 Å². The van der Waals surface area contributed by atoms with E-state index in [1.54, 1.807) is 55.6 Å². The van der Waals surface area contributed by atoms with Crippen LogP contribution in [0.5, 0.6) is 0 Å². The van der Waals surface area contributed by atoms with Crippen molar-refractivity contribution in [1.82, 2.24) is 4.98 Å². The summed E-state index contributed by atoms with van der Waals surface area (Å²) in [6.07, 6.45) is 3.44. The van der Waals surface area contributed by atoms with Gasteiger partial charge in [0.25, 0.3) is 15.9 Å². The molecule has 156 valence electrons. The number of amides is 1. The number of thioether (sulfide) groups is 1. The highest BCUT2D eigenvalue weighted by Crippen LogP contribution is 2.31. The van der Waals surface area contributed by atoms with Crippen molar-refractivity contribution in [2.75, 3.05) is 22.4 Å². The Hall–Kier alpha value is -2.55. The monoisotopic (exact) mass is 461 g/mol. The molecule has 9 heteroatoms. The van der Waals surface area contributed by atoms with Crippen molar-refractivity contribution < 1.29 is 13.2 Å². The van der Waals surface area contributed by atoms with Crippen molar-refractivity contribution in [3.8, 4) is 0 Å². The molecule has 3 aromatic rings. The van der Waals surface area contributed by atoms with E-state index in [-0.39, 0.29) is 22.4 Å². The largest absolute Gasteiger partial charge is 0.322 e. The summed E-state index contributed by atoms with van der Waals surface area (Å²) >= 11 is 7.59. The average molecular weight is 462 g/mol. The van der Waals surface area contributed by atoms with Gasteiger partial charge in [-0.2, -0.15) is 0 Å². The van der Waals surface area contributed by atoms with Crippen molar-refractivity contribution in [2.24, 2.45) is 0 Å². The van der Waals surface area contributed by atoms with Gasteiger partial charge in [-0.3, -0.25) is 9.10 Å². The highest BCUT2D eigenvalue weighted by atomic mass is 35.5. The van der Waals surface area contributed by atoms with Gasteiger partial charge in [0.05, 0.1) is 16.3 Å². The summed E-state index contributed by atoms with van der Waals surface area (Å²) in [6, 6.07) is 16.5. The molecule has 0 saturated carbocycles. The third kappa shape index (κ3) is 4.61. The van der Waals surface area contributed by atoms with Crippen molar-refractivity contribution >= 4 is 50.7 Å². The fourth-order valence-corrected chi connectivity index (χ4v) is 5.43. The molecule has 6 nitrogen and oxygen atoms in total. The number of carbonyl (C=O) groups excluding carboxylic acids is 1. The molecule has 0 radical (unpaired) electrons. The minimum Gasteiger partial charge on any atom is -0.322 e. The summed E-state index contributed by atoms with van der Waals surface area (Å²) in [7, 11) is -3.94. The molecule has 0 aliphatic rings. The van der Waals surface area contributed by atoms with E-state index in [1.807, 2.05) is 12.3 Å². The number of benzene rings is 2. The molecule has 2 aromatic carbocycles. The Bertz CT molecular complexity index is 1160. The number of anilines is 2. The maximum atomic E-state index is 13.3. The minimum atomic E-state index is -3.94. The molecule has 1 amide bonds. The first-order valence-electron chi connectivity index (χ1n) is 9.06. The Morgan fingerprint density at radius 1 is 1.13 bits per heavy atom. The second kappa shape index (κ2) is 9.51. The van der Waals surface area contributed by atoms with Gasteiger partial charge in [-0.25, -0.2) is 13.4 Å². The molecule has 0 atom stereocenters. The third-order valence-electron chi connectivity index (χ3n) is 4.30. The summed E-state index contributed by atoms with van der Waals surface area (Å²) in [6.45, 7) is 1.97. The van der Waals surface area contributed by atoms with E-state index in [0.717, 1.165) is 0 Å². The van der Waals surface area contributed by atoms with E-state index >= 15 is 0 Å². The fourth-order valence-electron chi connectivity index (χ4n) is 2.91. The number of para-hydroxylation sites is 1. The van der Waals surface area contributed by atoms with Crippen LogP contribution in [0.25, 0.3) is 0 Å². The lowest BCUT2D eigenvalue weighted by Gasteiger charge is -2.23. The molecule has 1 N–H and O–H groups in total. The first-order chi connectivity index (χ1) is 14.4. The molecule has 30 heavy (non-hydrogen) atoms. The van der Waals surface area contributed by atoms with Crippen LogP contribution < -0.4 is 9.62 Å². The van der Waals surface area contributed by atoms with Gasteiger partial charge in [-0.15, -0.1) is 11.8 Å².